The van der Waals surface area contributed by atoms with E-state index in [0.29, 0.717) is 12.8 Å². The van der Waals surface area contributed by atoms with Crippen molar-refractivity contribution >= 4 is 17.6 Å². The molecular weight excluding hydrogens is 339 g/mol. The number of amides is 1. The lowest BCUT2D eigenvalue weighted by Gasteiger charge is -2.27. The fourth-order valence-corrected chi connectivity index (χ4v) is 3.16. The average molecular weight is 359 g/mol. The van der Waals surface area contributed by atoms with Crippen molar-refractivity contribution < 1.29 is 32.6 Å². The van der Waals surface area contributed by atoms with Crippen LogP contribution in [0.4, 0.5) is 18.9 Å². The molecule has 1 amide bonds. The van der Waals surface area contributed by atoms with Crippen LogP contribution in [-0.2, 0) is 9.59 Å². The van der Waals surface area contributed by atoms with Crippen LogP contribution >= 0.6 is 0 Å². The number of benzene rings is 1. The number of carbonyl (C=O) groups excluding carboxylic acids is 1. The van der Waals surface area contributed by atoms with Gasteiger partial charge in [0, 0.05) is 18.2 Å². The zero-order valence-corrected chi connectivity index (χ0v) is 13.6. The van der Waals surface area contributed by atoms with Gasteiger partial charge in [-0.25, -0.2) is 0 Å². The van der Waals surface area contributed by atoms with Crippen molar-refractivity contribution in [2.24, 2.45) is 5.41 Å². The minimum absolute atomic E-state index is 0.126. The minimum atomic E-state index is -4.82. The summed E-state index contributed by atoms with van der Waals surface area (Å²) < 4.78 is 40.5. The topological polar surface area (TPSA) is 75.6 Å². The molecule has 1 aliphatic rings. The Morgan fingerprint density at radius 1 is 1.16 bits per heavy atom. The van der Waals surface area contributed by atoms with Gasteiger partial charge in [0.15, 0.2) is 0 Å². The zero-order valence-electron chi connectivity index (χ0n) is 13.6. The standard InChI is InChI=1S/C17H20F3NO4/c18-17(19,20)25-13-7-5-6-12(10-13)21-14(22)11-16(15(23)24)8-3-1-2-4-9-16/h5-7,10H,1-4,8-9,11H2,(H,21,22)(H,23,24). The van der Waals surface area contributed by atoms with E-state index in [1.165, 1.54) is 12.1 Å². The molecular formula is C17H20F3NO4. The molecule has 0 heterocycles. The molecule has 0 aliphatic heterocycles. The van der Waals surface area contributed by atoms with Crippen LogP contribution in [0, 0.1) is 5.41 Å². The van der Waals surface area contributed by atoms with Gasteiger partial charge in [0.1, 0.15) is 5.75 Å². The van der Waals surface area contributed by atoms with E-state index < -0.39 is 29.4 Å². The van der Waals surface area contributed by atoms with E-state index in [9.17, 15) is 27.9 Å². The average Bonchev–Trinajstić information content (AvgIpc) is 2.72. The summed E-state index contributed by atoms with van der Waals surface area (Å²) in [4.78, 5) is 24.0. The van der Waals surface area contributed by atoms with Gasteiger partial charge in [-0.3, -0.25) is 9.59 Å². The molecule has 1 aromatic carbocycles. The van der Waals surface area contributed by atoms with Crippen molar-refractivity contribution in [2.75, 3.05) is 5.32 Å². The van der Waals surface area contributed by atoms with E-state index in [0.717, 1.165) is 37.8 Å². The number of carboxylic acid groups (broad SMARTS) is 1. The molecule has 0 bridgehead atoms. The maximum Gasteiger partial charge on any atom is 0.573 e. The highest BCUT2D eigenvalue weighted by Gasteiger charge is 2.40. The van der Waals surface area contributed by atoms with Crippen LogP contribution < -0.4 is 10.1 Å². The molecule has 1 aromatic rings. The van der Waals surface area contributed by atoms with Crippen molar-refractivity contribution in [1.29, 1.82) is 0 Å². The van der Waals surface area contributed by atoms with Crippen LogP contribution in [0.3, 0.4) is 0 Å². The summed E-state index contributed by atoms with van der Waals surface area (Å²) in [6.45, 7) is 0. The molecule has 0 atom stereocenters. The molecule has 0 saturated heterocycles. The Balaban J connectivity index is 2.05. The minimum Gasteiger partial charge on any atom is -0.481 e. The number of aliphatic carboxylic acids is 1. The third-order valence-corrected chi connectivity index (χ3v) is 4.36. The van der Waals surface area contributed by atoms with Crippen LogP contribution in [0.1, 0.15) is 44.9 Å². The van der Waals surface area contributed by atoms with Crippen molar-refractivity contribution in [2.45, 2.75) is 51.3 Å². The molecule has 1 fully saturated rings. The molecule has 2 rings (SSSR count). The number of rotatable bonds is 5. The van der Waals surface area contributed by atoms with Gasteiger partial charge in [0.05, 0.1) is 5.41 Å². The Kier molecular flexibility index (Phi) is 5.92. The van der Waals surface area contributed by atoms with Gasteiger partial charge in [-0.15, -0.1) is 13.2 Å². The van der Waals surface area contributed by atoms with Gasteiger partial charge < -0.3 is 15.2 Å². The first-order chi connectivity index (χ1) is 11.7. The monoisotopic (exact) mass is 359 g/mol. The molecule has 5 nitrogen and oxygen atoms in total. The number of hydrogen-bond acceptors (Lipinski definition) is 3. The quantitative estimate of drug-likeness (QED) is 0.767. The van der Waals surface area contributed by atoms with E-state index >= 15 is 0 Å². The van der Waals surface area contributed by atoms with Crippen LogP contribution in [0.5, 0.6) is 5.75 Å². The molecule has 0 spiro atoms. The van der Waals surface area contributed by atoms with E-state index in [2.05, 4.69) is 10.1 Å². The van der Waals surface area contributed by atoms with Crippen molar-refractivity contribution in [3.05, 3.63) is 24.3 Å². The van der Waals surface area contributed by atoms with Gasteiger partial charge in [-0.05, 0) is 25.0 Å². The lowest BCUT2D eigenvalue weighted by molar-refractivity contribution is -0.274. The first kappa shape index (κ1) is 19.1. The second-order valence-electron chi connectivity index (χ2n) is 6.30. The first-order valence-electron chi connectivity index (χ1n) is 8.09. The van der Waals surface area contributed by atoms with Crippen LogP contribution in [-0.4, -0.2) is 23.3 Å². The fraction of sp³-hybridized carbons (Fsp3) is 0.529. The van der Waals surface area contributed by atoms with Crippen LogP contribution in [0.2, 0.25) is 0 Å². The zero-order chi connectivity index (χ0) is 18.5. The molecule has 0 radical (unpaired) electrons. The summed E-state index contributed by atoms with van der Waals surface area (Å²) in [6, 6.07) is 4.90. The predicted molar refractivity (Wildman–Crippen MR) is 84.1 cm³/mol. The number of alkyl halides is 3. The fourth-order valence-electron chi connectivity index (χ4n) is 3.16. The third-order valence-electron chi connectivity index (χ3n) is 4.36. The molecule has 1 aliphatic carbocycles. The molecule has 1 saturated carbocycles. The molecule has 8 heteroatoms. The third kappa shape index (κ3) is 5.65. The Hall–Kier alpha value is -2.25. The predicted octanol–water partition coefficient (Wildman–Crippen LogP) is 4.34. The maximum atomic E-state index is 12.3. The highest BCUT2D eigenvalue weighted by molar-refractivity contribution is 5.94. The van der Waals surface area contributed by atoms with Gasteiger partial charge in [0.2, 0.25) is 5.91 Å². The number of nitrogens with one attached hydrogen (secondary N) is 1. The maximum absolute atomic E-state index is 12.3. The van der Waals surface area contributed by atoms with E-state index in [1.807, 2.05) is 0 Å². The summed E-state index contributed by atoms with van der Waals surface area (Å²) in [5.41, 5.74) is -0.985. The van der Waals surface area contributed by atoms with Crippen LogP contribution in [0.25, 0.3) is 0 Å². The van der Waals surface area contributed by atoms with Crippen molar-refractivity contribution in [3.8, 4) is 5.75 Å². The van der Waals surface area contributed by atoms with Crippen molar-refractivity contribution in [1.82, 2.24) is 0 Å². The van der Waals surface area contributed by atoms with E-state index in [4.69, 9.17) is 0 Å². The van der Waals surface area contributed by atoms with Crippen LogP contribution in [0.15, 0.2) is 24.3 Å². The second kappa shape index (κ2) is 7.76. The summed E-state index contributed by atoms with van der Waals surface area (Å²) in [5.74, 6) is -1.99. The molecule has 25 heavy (non-hydrogen) atoms. The summed E-state index contributed by atoms with van der Waals surface area (Å²) in [6.07, 6.45) is -0.813. The summed E-state index contributed by atoms with van der Waals surface area (Å²) >= 11 is 0. The number of anilines is 1. The highest BCUT2D eigenvalue weighted by Crippen LogP contribution is 2.38. The Bertz CT molecular complexity index is 623. The van der Waals surface area contributed by atoms with Gasteiger partial charge >= 0.3 is 12.3 Å². The van der Waals surface area contributed by atoms with Crippen molar-refractivity contribution in [3.63, 3.8) is 0 Å². The Labute approximate surface area is 143 Å². The Morgan fingerprint density at radius 3 is 2.36 bits per heavy atom. The molecule has 0 aromatic heterocycles. The Morgan fingerprint density at radius 2 is 1.80 bits per heavy atom. The second-order valence-corrected chi connectivity index (χ2v) is 6.30. The molecule has 2 N–H and O–H groups in total. The smallest absolute Gasteiger partial charge is 0.481 e. The SMILES string of the molecule is O=C(CC1(C(=O)O)CCCCCC1)Nc1cccc(OC(F)(F)F)c1. The lowest BCUT2D eigenvalue weighted by Crippen LogP contribution is -2.35. The summed E-state index contributed by atoms with van der Waals surface area (Å²) in [7, 11) is 0. The number of ether oxygens (including phenoxy) is 1. The largest absolute Gasteiger partial charge is 0.573 e. The van der Waals surface area contributed by atoms with E-state index in [-0.39, 0.29) is 12.1 Å². The summed E-state index contributed by atoms with van der Waals surface area (Å²) in [5, 5.41) is 12.0. The highest BCUT2D eigenvalue weighted by atomic mass is 19.4. The van der Waals surface area contributed by atoms with E-state index in [1.54, 1.807) is 0 Å². The number of halogens is 3. The van der Waals surface area contributed by atoms with Gasteiger partial charge in [-0.1, -0.05) is 31.7 Å². The number of carboxylic acids is 1. The number of carbonyl (C=O) groups is 2. The first-order valence-corrected chi connectivity index (χ1v) is 8.09. The molecule has 138 valence electrons. The lowest BCUT2D eigenvalue weighted by atomic mass is 9.77. The van der Waals surface area contributed by atoms with Gasteiger partial charge in [-0.2, -0.15) is 0 Å². The van der Waals surface area contributed by atoms with Gasteiger partial charge in [0.25, 0.3) is 0 Å². The normalized spacial score (nSPS) is 17.4. The molecule has 0 unspecified atom stereocenters. The number of hydrogen-bond donors (Lipinski definition) is 2.